The van der Waals surface area contributed by atoms with Crippen LogP contribution in [0, 0.1) is 10.6 Å². The first-order valence-electron chi connectivity index (χ1n) is 10.1. The number of hydrogen-bond acceptors (Lipinski definition) is 6. The Morgan fingerprint density at radius 3 is 2.62 bits per heavy atom. The summed E-state index contributed by atoms with van der Waals surface area (Å²) in [5, 5.41) is 3.81. The second-order valence-corrected chi connectivity index (χ2v) is 8.40. The third-order valence-corrected chi connectivity index (χ3v) is 6.05. The van der Waals surface area contributed by atoms with E-state index in [1.54, 1.807) is 42.1 Å². The van der Waals surface area contributed by atoms with Crippen molar-refractivity contribution in [3.05, 3.63) is 57.6 Å². The van der Waals surface area contributed by atoms with Gasteiger partial charge in [-0.05, 0) is 55.5 Å². The van der Waals surface area contributed by atoms with Gasteiger partial charge >= 0.3 is 0 Å². The van der Waals surface area contributed by atoms with Crippen molar-refractivity contribution in [1.82, 2.24) is 19.7 Å². The van der Waals surface area contributed by atoms with Gasteiger partial charge in [0.25, 0.3) is 0 Å². The molecule has 1 fully saturated rings. The maximum Gasteiger partial charge on any atom is 0.217 e. The van der Waals surface area contributed by atoms with Gasteiger partial charge in [-0.1, -0.05) is 11.6 Å². The number of methoxy groups -OCH3 is 1. The number of piperazine rings is 1. The van der Waals surface area contributed by atoms with E-state index in [9.17, 15) is 9.18 Å². The van der Waals surface area contributed by atoms with Gasteiger partial charge in [0.1, 0.15) is 11.6 Å². The minimum absolute atomic E-state index is 0.147. The molecular weight excluding hydrogens is 453 g/mol. The van der Waals surface area contributed by atoms with Crippen LogP contribution in [0.5, 0.6) is 5.75 Å². The largest absolute Gasteiger partial charge is 0.496 e. The lowest BCUT2D eigenvalue weighted by Gasteiger charge is -2.36. The molecule has 1 aliphatic heterocycles. The molecule has 4 rings (SSSR count). The fraction of sp³-hybridized carbons (Fsp3) is 0.318. The molecule has 10 heteroatoms. The number of nitrogens with one attached hydrogen (secondary N) is 1. The van der Waals surface area contributed by atoms with Crippen LogP contribution in [0.2, 0.25) is 5.02 Å². The molecule has 0 aliphatic carbocycles. The van der Waals surface area contributed by atoms with Gasteiger partial charge < -0.3 is 9.64 Å². The third kappa shape index (κ3) is 4.69. The number of ketones is 1. The number of aromatic nitrogens is 3. The van der Waals surface area contributed by atoms with Gasteiger partial charge in [0, 0.05) is 36.8 Å². The molecule has 168 valence electrons. The number of Topliss-reactive ketones (excluding diaryl/α,β-unsaturated/α-hetero) is 1. The summed E-state index contributed by atoms with van der Waals surface area (Å²) in [6.07, 6.45) is 0. The van der Waals surface area contributed by atoms with E-state index in [4.69, 9.17) is 28.6 Å². The Morgan fingerprint density at radius 1 is 1.22 bits per heavy atom. The highest BCUT2D eigenvalue weighted by Gasteiger charge is 2.21. The van der Waals surface area contributed by atoms with E-state index in [-0.39, 0.29) is 11.6 Å². The Bertz CT molecular complexity index is 1200. The normalized spacial score (nSPS) is 14.6. The molecule has 2 aromatic carbocycles. The number of aromatic amines is 1. The molecule has 7 nitrogen and oxygen atoms in total. The number of halogens is 2. The smallest absolute Gasteiger partial charge is 0.217 e. The molecule has 1 saturated heterocycles. The molecule has 1 aliphatic rings. The average Bonchev–Trinajstić information content (AvgIpc) is 3.14. The SMILES string of the molecule is COc1ccc(Cl)cc1-c1nc(=S)n(CN2CCN(c3ccc(C(C)=O)cc3F)CC2)[nH]1. The summed E-state index contributed by atoms with van der Waals surface area (Å²) in [4.78, 5) is 20.1. The van der Waals surface area contributed by atoms with Crippen LogP contribution >= 0.6 is 23.8 Å². The second kappa shape index (κ2) is 9.40. The van der Waals surface area contributed by atoms with Gasteiger partial charge in [0.05, 0.1) is 25.0 Å². The van der Waals surface area contributed by atoms with Gasteiger partial charge in [-0.2, -0.15) is 4.98 Å². The molecule has 0 amide bonds. The van der Waals surface area contributed by atoms with E-state index in [1.165, 1.54) is 13.0 Å². The highest BCUT2D eigenvalue weighted by Crippen LogP contribution is 2.30. The lowest BCUT2D eigenvalue weighted by molar-refractivity contribution is 0.101. The maximum absolute atomic E-state index is 14.5. The zero-order valence-corrected chi connectivity index (χ0v) is 19.3. The number of carbonyl (C=O) groups excluding carboxylic acids is 1. The molecule has 2 heterocycles. The van der Waals surface area contributed by atoms with Crippen molar-refractivity contribution >= 4 is 35.3 Å². The molecule has 0 radical (unpaired) electrons. The first-order valence-corrected chi connectivity index (χ1v) is 10.9. The molecule has 0 bridgehead atoms. The van der Waals surface area contributed by atoms with E-state index < -0.39 is 0 Å². The van der Waals surface area contributed by atoms with Gasteiger partial charge in [0.15, 0.2) is 11.6 Å². The highest BCUT2D eigenvalue weighted by molar-refractivity contribution is 7.71. The predicted octanol–water partition coefficient (Wildman–Crippen LogP) is 4.39. The summed E-state index contributed by atoms with van der Waals surface area (Å²) in [7, 11) is 1.59. The second-order valence-electron chi connectivity index (χ2n) is 7.60. The molecule has 1 N–H and O–H groups in total. The van der Waals surface area contributed by atoms with Crippen LogP contribution in [0.15, 0.2) is 36.4 Å². The maximum atomic E-state index is 14.5. The van der Waals surface area contributed by atoms with Crippen molar-refractivity contribution in [3.63, 3.8) is 0 Å². The van der Waals surface area contributed by atoms with E-state index in [0.717, 1.165) is 18.7 Å². The summed E-state index contributed by atoms with van der Waals surface area (Å²) in [6.45, 7) is 4.74. The number of rotatable bonds is 6. The summed E-state index contributed by atoms with van der Waals surface area (Å²) < 4.78 is 22.1. The molecular formula is C22H23ClFN5O2S. The van der Waals surface area contributed by atoms with Crippen LogP contribution in [0.25, 0.3) is 11.4 Å². The fourth-order valence-corrected chi connectivity index (χ4v) is 4.12. The Morgan fingerprint density at radius 2 is 1.97 bits per heavy atom. The molecule has 0 spiro atoms. The number of anilines is 1. The minimum Gasteiger partial charge on any atom is -0.496 e. The van der Waals surface area contributed by atoms with Crippen LogP contribution in [0.1, 0.15) is 17.3 Å². The van der Waals surface area contributed by atoms with Crippen molar-refractivity contribution in [3.8, 4) is 17.1 Å². The zero-order valence-electron chi connectivity index (χ0n) is 17.8. The summed E-state index contributed by atoms with van der Waals surface area (Å²) in [5.41, 5.74) is 1.63. The monoisotopic (exact) mass is 475 g/mol. The number of benzene rings is 2. The van der Waals surface area contributed by atoms with Crippen molar-refractivity contribution in [1.29, 1.82) is 0 Å². The van der Waals surface area contributed by atoms with E-state index >= 15 is 0 Å². The molecule has 1 aromatic heterocycles. The first kappa shape index (κ1) is 22.4. The molecule has 0 unspecified atom stereocenters. The van der Waals surface area contributed by atoms with Crippen molar-refractivity contribution in [2.45, 2.75) is 13.6 Å². The third-order valence-electron chi connectivity index (χ3n) is 5.50. The van der Waals surface area contributed by atoms with Crippen LogP contribution in [-0.4, -0.2) is 58.7 Å². The Labute approximate surface area is 195 Å². The Hall–Kier alpha value is -2.75. The van der Waals surface area contributed by atoms with Crippen LogP contribution in [-0.2, 0) is 6.67 Å². The lowest BCUT2D eigenvalue weighted by atomic mass is 10.1. The number of carbonyl (C=O) groups is 1. The van der Waals surface area contributed by atoms with E-state index in [2.05, 4.69) is 15.0 Å². The van der Waals surface area contributed by atoms with E-state index in [1.807, 2.05) is 4.90 Å². The van der Waals surface area contributed by atoms with E-state index in [0.29, 0.717) is 52.4 Å². The van der Waals surface area contributed by atoms with Gasteiger partial charge in [-0.3, -0.25) is 14.8 Å². The number of ether oxygens (including phenoxy) is 1. The number of H-pyrrole nitrogens is 1. The summed E-state index contributed by atoms with van der Waals surface area (Å²) in [6, 6.07) is 9.98. The highest BCUT2D eigenvalue weighted by atomic mass is 35.5. The zero-order chi connectivity index (χ0) is 22.8. The summed E-state index contributed by atoms with van der Waals surface area (Å²) in [5.74, 6) is 0.714. The van der Waals surface area contributed by atoms with Crippen molar-refractivity contribution < 1.29 is 13.9 Å². The van der Waals surface area contributed by atoms with Crippen LogP contribution < -0.4 is 9.64 Å². The molecule has 0 atom stereocenters. The van der Waals surface area contributed by atoms with Crippen LogP contribution in [0.4, 0.5) is 10.1 Å². The standard InChI is InChI=1S/C22H23ClFN5O2S/c1-14(30)15-3-5-19(18(24)11-15)28-9-7-27(8-10-28)13-29-22(32)25-21(26-29)17-12-16(23)4-6-20(17)31-2/h3-6,11-12H,7-10,13H2,1-2H3,(H,25,26,32). The topological polar surface area (TPSA) is 66.4 Å². The van der Waals surface area contributed by atoms with Crippen molar-refractivity contribution in [2.75, 3.05) is 38.2 Å². The lowest BCUT2D eigenvalue weighted by Crippen LogP contribution is -2.47. The Balaban J connectivity index is 1.44. The average molecular weight is 476 g/mol. The fourth-order valence-electron chi connectivity index (χ4n) is 3.75. The van der Waals surface area contributed by atoms with Gasteiger partial charge in [0.2, 0.25) is 4.77 Å². The first-order chi connectivity index (χ1) is 15.4. The summed E-state index contributed by atoms with van der Waals surface area (Å²) >= 11 is 11.6. The molecule has 0 saturated carbocycles. The van der Waals surface area contributed by atoms with Crippen LogP contribution in [0.3, 0.4) is 0 Å². The number of hydrogen-bond donors (Lipinski definition) is 1. The molecule has 32 heavy (non-hydrogen) atoms. The van der Waals surface area contributed by atoms with Crippen molar-refractivity contribution in [2.24, 2.45) is 0 Å². The predicted molar refractivity (Wildman–Crippen MR) is 125 cm³/mol. The molecule has 3 aromatic rings. The minimum atomic E-state index is -0.373. The quantitative estimate of drug-likeness (QED) is 0.421. The Kier molecular flexibility index (Phi) is 6.59. The van der Waals surface area contributed by atoms with Gasteiger partial charge in [-0.15, -0.1) is 0 Å². The van der Waals surface area contributed by atoms with Gasteiger partial charge in [-0.25, -0.2) is 9.07 Å². The number of nitrogens with zero attached hydrogens (tertiary/aromatic N) is 4.